The summed E-state index contributed by atoms with van der Waals surface area (Å²) in [4.78, 5) is 10.6. The molecule has 1 unspecified atom stereocenters. The molecule has 1 aromatic rings. The van der Waals surface area contributed by atoms with Crippen LogP contribution in [0.1, 0.15) is 12.5 Å². The Morgan fingerprint density at radius 2 is 1.84 bits per heavy atom. The maximum absolute atomic E-state index is 12.6. The number of sulfonamides is 1. The Labute approximate surface area is 107 Å². The van der Waals surface area contributed by atoms with E-state index in [1.54, 1.807) is 4.72 Å². The Kier molecular flexibility index (Phi) is 4.09. The number of halogens is 3. The van der Waals surface area contributed by atoms with Crippen molar-refractivity contribution in [2.45, 2.75) is 18.3 Å². The molecule has 0 saturated carbocycles. The number of carbonyl (C=O) groups is 1. The SMILES string of the molecule is CC(C(=O)O)S(=O)(=O)Nc1ccccc1C(F)(F)F. The van der Waals surface area contributed by atoms with Gasteiger partial charge in [-0.2, -0.15) is 13.2 Å². The van der Waals surface area contributed by atoms with E-state index in [9.17, 15) is 26.4 Å². The number of rotatable bonds is 4. The molecule has 0 saturated heterocycles. The Morgan fingerprint density at radius 3 is 2.32 bits per heavy atom. The Hall–Kier alpha value is -1.77. The summed E-state index contributed by atoms with van der Waals surface area (Å²) in [6, 6.07) is 3.91. The second-order valence-electron chi connectivity index (χ2n) is 3.67. The van der Waals surface area contributed by atoms with Gasteiger partial charge in [0.1, 0.15) is 0 Å². The standard InChI is InChI=1S/C10H10F3NO4S/c1-6(9(15)16)19(17,18)14-8-5-3-2-4-7(8)10(11,12)13/h2-6,14H,1H3,(H,15,16). The molecule has 0 bridgehead atoms. The molecule has 0 aliphatic rings. The van der Waals surface area contributed by atoms with Gasteiger partial charge in [0.2, 0.25) is 10.0 Å². The summed E-state index contributed by atoms with van der Waals surface area (Å²) in [7, 11) is -4.44. The highest BCUT2D eigenvalue weighted by atomic mass is 32.2. The molecule has 0 amide bonds. The van der Waals surface area contributed by atoms with Crippen LogP contribution in [0, 0.1) is 0 Å². The van der Waals surface area contributed by atoms with E-state index in [2.05, 4.69) is 0 Å². The van der Waals surface area contributed by atoms with E-state index < -0.39 is 38.7 Å². The molecule has 0 aliphatic heterocycles. The summed E-state index contributed by atoms with van der Waals surface area (Å²) < 4.78 is 62.7. The highest BCUT2D eigenvalue weighted by molar-refractivity contribution is 7.94. The van der Waals surface area contributed by atoms with E-state index in [1.165, 1.54) is 6.07 Å². The number of para-hydroxylation sites is 1. The number of benzene rings is 1. The molecule has 1 rings (SSSR count). The van der Waals surface area contributed by atoms with Gasteiger partial charge in [0.05, 0.1) is 11.3 Å². The lowest BCUT2D eigenvalue weighted by Gasteiger charge is -2.16. The third-order valence-corrected chi connectivity index (χ3v) is 3.93. The number of alkyl halides is 3. The average Bonchev–Trinajstić information content (AvgIpc) is 2.26. The van der Waals surface area contributed by atoms with E-state index in [0.717, 1.165) is 19.1 Å². The third-order valence-electron chi connectivity index (χ3n) is 2.30. The number of carboxylic acid groups (broad SMARTS) is 1. The second kappa shape index (κ2) is 5.08. The van der Waals surface area contributed by atoms with Crippen molar-refractivity contribution >= 4 is 21.7 Å². The van der Waals surface area contributed by atoms with Crippen LogP contribution in [0.2, 0.25) is 0 Å². The van der Waals surface area contributed by atoms with Gasteiger partial charge in [-0.15, -0.1) is 0 Å². The minimum atomic E-state index is -4.74. The fourth-order valence-electron chi connectivity index (χ4n) is 1.19. The highest BCUT2D eigenvalue weighted by Crippen LogP contribution is 2.35. The first-order chi connectivity index (χ1) is 8.55. The summed E-state index contributed by atoms with van der Waals surface area (Å²) in [6.07, 6.45) is -4.74. The van der Waals surface area contributed by atoms with Crippen molar-refractivity contribution in [1.29, 1.82) is 0 Å². The lowest BCUT2D eigenvalue weighted by atomic mass is 10.2. The predicted molar refractivity (Wildman–Crippen MR) is 61.1 cm³/mol. The van der Waals surface area contributed by atoms with Crippen LogP contribution in [-0.2, 0) is 21.0 Å². The van der Waals surface area contributed by atoms with Crippen LogP contribution in [0.4, 0.5) is 18.9 Å². The van der Waals surface area contributed by atoms with Crippen LogP contribution in [0.3, 0.4) is 0 Å². The molecule has 5 nitrogen and oxygen atoms in total. The van der Waals surface area contributed by atoms with Gasteiger partial charge in [0.25, 0.3) is 0 Å². The minimum absolute atomic E-state index is 0.698. The molecular weight excluding hydrogens is 287 g/mol. The fourth-order valence-corrected chi connectivity index (χ4v) is 2.12. The van der Waals surface area contributed by atoms with Crippen molar-refractivity contribution in [2.24, 2.45) is 0 Å². The van der Waals surface area contributed by atoms with Gasteiger partial charge in [0, 0.05) is 0 Å². The molecule has 1 atom stereocenters. The molecule has 0 heterocycles. The molecule has 2 N–H and O–H groups in total. The molecule has 0 aromatic heterocycles. The zero-order valence-electron chi connectivity index (χ0n) is 9.60. The molecule has 1 aromatic carbocycles. The van der Waals surface area contributed by atoms with Gasteiger partial charge in [-0.25, -0.2) is 8.42 Å². The largest absolute Gasteiger partial charge is 0.480 e. The molecule has 0 radical (unpaired) electrons. The molecule has 0 spiro atoms. The third kappa shape index (κ3) is 3.60. The van der Waals surface area contributed by atoms with Gasteiger partial charge < -0.3 is 5.11 Å². The summed E-state index contributed by atoms with van der Waals surface area (Å²) in [6.45, 7) is 0.862. The number of carboxylic acids is 1. The summed E-state index contributed by atoms with van der Waals surface area (Å²) in [5.41, 5.74) is -1.89. The van der Waals surface area contributed by atoms with Crippen LogP contribution < -0.4 is 4.72 Å². The van der Waals surface area contributed by atoms with Crippen molar-refractivity contribution in [1.82, 2.24) is 0 Å². The van der Waals surface area contributed by atoms with Gasteiger partial charge in [-0.1, -0.05) is 12.1 Å². The molecule has 19 heavy (non-hydrogen) atoms. The quantitative estimate of drug-likeness (QED) is 0.889. The van der Waals surface area contributed by atoms with E-state index >= 15 is 0 Å². The molecule has 9 heteroatoms. The zero-order valence-corrected chi connectivity index (χ0v) is 10.4. The van der Waals surface area contributed by atoms with Gasteiger partial charge in [0.15, 0.2) is 5.25 Å². The van der Waals surface area contributed by atoms with E-state index in [-0.39, 0.29) is 0 Å². The summed E-state index contributed by atoms with van der Waals surface area (Å²) in [5.74, 6) is -1.66. The summed E-state index contributed by atoms with van der Waals surface area (Å²) >= 11 is 0. The van der Waals surface area contributed by atoms with Gasteiger partial charge in [-0.3, -0.25) is 9.52 Å². The van der Waals surface area contributed by atoms with Crippen LogP contribution in [0.25, 0.3) is 0 Å². The van der Waals surface area contributed by atoms with E-state index in [4.69, 9.17) is 5.11 Å². The number of anilines is 1. The Bertz CT molecular complexity index is 583. The van der Waals surface area contributed by atoms with Crippen LogP contribution >= 0.6 is 0 Å². The van der Waals surface area contributed by atoms with E-state index in [1.807, 2.05) is 0 Å². The van der Waals surface area contributed by atoms with E-state index in [0.29, 0.717) is 6.07 Å². The first kappa shape index (κ1) is 15.3. The second-order valence-corrected chi connectivity index (χ2v) is 5.67. The highest BCUT2D eigenvalue weighted by Gasteiger charge is 2.35. The number of hydrogen-bond acceptors (Lipinski definition) is 3. The van der Waals surface area contributed by atoms with Crippen molar-refractivity contribution in [3.8, 4) is 0 Å². The van der Waals surface area contributed by atoms with Crippen LogP contribution in [0.5, 0.6) is 0 Å². The molecule has 0 aliphatic carbocycles. The van der Waals surface area contributed by atoms with Gasteiger partial charge in [-0.05, 0) is 19.1 Å². The number of aliphatic carboxylic acids is 1. The Morgan fingerprint density at radius 1 is 1.32 bits per heavy atom. The average molecular weight is 297 g/mol. The maximum Gasteiger partial charge on any atom is 0.418 e. The molecule has 0 fully saturated rings. The molecular formula is C10H10F3NO4S. The fraction of sp³-hybridized carbons (Fsp3) is 0.300. The van der Waals surface area contributed by atoms with Crippen molar-refractivity contribution in [3.63, 3.8) is 0 Å². The van der Waals surface area contributed by atoms with Crippen molar-refractivity contribution in [2.75, 3.05) is 4.72 Å². The Balaban J connectivity index is 3.18. The van der Waals surface area contributed by atoms with Crippen LogP contribution in [0.15, 0.2) is 24.3 Å². The topological polar surface area (TPSA) is 83.5 Å². The lowest BCUT2D eigenvalue weighted by Crippen LogP contribution is -2.32. The normalized spacial score (nSPS) is 13.9. The van der Waals surface area contributed by atoms with Crippen LogP contribution in [-0.4, -0.2) is 24.7 Å². The summed E-state index contributed by atoms with van der Waals surface area (Å²) in [5, 5.41) is 6.72. The molecule has 106 valence electrons. The zero-order chi connectivity index (χ0) is 14.8. The minimum Gasteiger partial charge on any atom is -0.480 e. The first-order valence-electron chi connectivity index (χ1n) is 4.96. The first-order valence-corrected chi connectivity index (χ1v) is 6.51. The predicted octanol–water partition coefficient (Wildman–Crippen LogP) is 1.92. The number of hydrogen-bond donors (Lipinski definition) is 2. The smallest absolute Gasteiger partial charge is 0.418 e. The van der Waals surface area contributed by atoms with Crippen molar-refractivity contribution in [3.05, 3.63) is 29.8 Å². The maximum atomic E-state index is 12.6. The monoisotopic (exact) mass is 297 g/mol. The lowest BCUT2D eigenvalue weighted by molar-refractivity contribution is -0.137. The van der Waals surface area contributed by atoms with Crippen molar-refractivity contribution < 1.29 is 31.5 Å². The number of nitrogens with one attached hydrogen (secondary N) is 1. The van der Waals surface area contributed by atoms with Gasteiger partial charge >= 0.3 is 12.1 Å².